The van der Waals surface area contributed by atoms with Gasteiger partial charge in [0.05, 0.1) is 6.61 Å². The van der Waals surface area contributed by atoms with Gasteiger partial charge in [0, 0.05) is 6.54 Å². The highest BCUT2D eigenvalue weighted by atomic mass is 16.5. The number of carbonyl (C=O) groups is 1. The third-order valence-electron chi connectivity index (χ3n) is 3.15. The van der Waals surface area contributed by atoms with Gasteiger partial charge in [-0.25, -0.2) is 4.79 Å². The van der Waals surface area contributed by atoms with Gasteiger partial charge in [-0.05, 0) is 38.1 Å². The van der Waals surface area contributed by atoms with E-state index < -0.39 is 0 Å². The van der Waals surface area contributed by atoms with E-state index in [0.717, 1.165) is 6.54 Å². The summed E-state index contributed by atoms with van der Waals surface area (Å²) in [7, 11) is 0. The van der Waals surface area contributed by atoms with Crippen molar-refractivity contribution in [2.24, 2.45) is 17.6 Å². The van der Waals surface area contributed by atoms with Gasteiger partial charge in [-0.1, -0.05) is 12.8 Å². The van der Waals surface area contributed by atoms with E-state index in [2.05, 4.69) is 5.32 Å². The zero-order valence-corrected chi connectivity index (χ0v) is 9.50. The van der Waals surface area contributed by atoms with Crippen LogP contribution < -0.4 is 11.1 Å². The van der Waals surface area contributed by atoms with Gasteiger partial charge < -0.3 is 15.8 Å². The van der Waals surface area contributed by atoms with Gasteiger partial charge in [-0.2, -0.15) is 0 Å². The first-order valence-electron chi connectivity index (χ1n) is 5.88. The predicted octanol–water partition coefficient (Wildman–Crippen LogP) is 1.50. The topological polar surface area (TPSA) is 64.3 Å². The number of rotatable bonds is 4. The molecule has 3 N–H and O–H groups in total. The molecule has 4 nitrogen and oxygen atoms in total. The Kier molecular flexibility index (Phi) is 5.47. The lowest BCUT2D eigenvalue weighted by atomic mass is 9.79. The number of amides is 1. The molecule has 2 unspecified atom stereocenters. The average Bonchev–Trinajstić information content (AvgIpc) is 2.27. The summed E-state index contributed by atoms with van der Waals surface area (Å²) >= 11 is 0. The van der Waals surface area contributed by atoms with Crippen LogP contribution in [0.15, 0.2) is 0 Å². The van der Waals surface area contributed by atoms with E-state index in [4.69, 9.17) is 10.5 Å². The van der Waals surface area contributed by atoms with E-state index in [9.17, 15) is 4.79 Å². The highest BCUT2D eigenvalue weighted by Gasteiger charge is 2.24. The van der Waals surface area contributed by atoms with Crippen LogP contribution in [0, 0.1) is 11.8 Å². The van der Waals surface area contributed by atoms with E-state index >= 15 is 0 Å². The van der Waals surface area contributed by atoms with Crippen molar-refractivity contribution in [2.45, 2.75) is 32.6 Å². The lowest BCUT2D eigenvalue weighted by molar-refractivity contribution is 0.145. The van der Waals surface area contributed by atoms with Crippen molar-refractivity contribution in [1.82, 2.24) is 5.32 Å². The second kappa shape index (κ2) is 6.67. The van der Waals surface area contributed by atoms with Gasteiger partial charge >= 0.3 is 6.09 Å². The van der Waals surface area contributed by atoms with Crippen molar-refractivity contribution in [3.63, 3.8) is 0 Å². The maximum absolute atomic E-state index is 11.1. The van der Waals surface area contributed by atoms with E-state index in [1.165, 1.54) is 25.7 Å². The smallest absolute Gasteiger partial charge is 0.407 e. The fraction of sp³-hybridized carbons (Fsp3) is 0.909. The fourth-order valence-corrected chi connectivity index (χ4v) is 2.26. The Morgan fingerprint density at radius 3 is 2.67 bits per heavy atom. The van der Waals surface area contributed by atoms with Crippen LogP contribution in [0.25, 0.3) is 0 Å². The number of hydrogen-bond donors (Lipinski definition) is 2. The third-order valence-corrected chi connectivity index (χ3v) is 3.15. The Labute approximate surface area is 91.5 Å². The first-order chi connectivity index (χ1) is 7.27. The molecule has 0 aromatic heterocycles. The minimum Gasteiger partial charge on any atom is -0.450 e. The highest BCUT2D eigenvalue weighted by Crippen LogP contribution is 2.28. The first kappa shape index (κ1) is 12.3. The molecule has 1 fully saturated rings. The minimum atomic E-state index is -0.307. The molecule has 4 heteroatoms. The molecule has 0 aromatic carbocycles. The van der Waals surface area contributed by atoms with E-state index in [1.54, 1.807) is 0 Å². The summed E-state index contributed by atoms with van der Waals surface area (Å²) in [5.74, 6) is 1.11. The van der Waals surface area contributed by atoms with Crippen molar-refractivity contribution >= 4 is 6.09 Å². The van der Waals surface area contributed by atoms with Gasteiger partial charge in [0.2, 0.25) is 0 Å². The van der Waals surface area contributed by atoms with Gasteiger partial charge in [-0.3, -0.25) is 0 Å². The van der Waals surface area contributed by atoms with Crippen molar-refractivity contribution in [3.05, 3.63) is 0 Å². The summed E-state index contributed by atoms with van der Waals surface area (Å²) in [6, 6.07) is 0. The largest absolute Gasteiger partial charge is 0.450 e. The van der Waals surface area contributed by atoms with E-state index in [1.807, 2.05) is 6.92 Å². The molecule has 1 rings (SSSR count). The summed E-state index contributed by atoms with van der Waals surface area (Å²) in [4.78, 5) is 11.1. The van der Waals surface area contributed by atoms with E-state index in [-0.39, 0.29) is 6.09 Å². The maximum atomic E-state index is 11.1. The van der Waals surface area contributed by atoms with Crippen LogP contribution in [0.4, 0.5) is 4.79 Å². The molecule has 88 valence electrons. The zero-order chi connectivity index (χ0) is 11.1. The second-order valence-corrected chi connectivity index (χ2v) is 4.14. The van der Waals surface area contributed by atoms with Crippen LogP contribution in [-0.4, -0.2) is 25.8 Å². The van der Waals surface area contributed by atoms with Gasteiger partial charge in [0.25, 0.3) is 0 Å². The number of ether oxygens (including phenoxy) is 1. The van der Waals surface area contributed by atoms with Crippen LogP contribution in [0.5, 0.6) is 0 Å². The molecular formula is C11H22N2O2. The van der Waals surface area contributed by atoms with Gasteiger partial charge in [0.15, 0.2) is 0 Å². The van der Waals surface area contributed by atoms with Crippen LogP contribution in [0.1, 0.15) is 32.6 Å². The molecule has 0 heterocycles. The van der Waals surface area contributed by atoms with Crippen molar-refractivity contribution in [1.29, 1.82) is 0 Å². The van der Waals surface area contributed by atoms with Gasteiger partial charge in [0.1, 0.15) is 0 Å². The Hall–Kier alpha value is -0.770. The quantitative estimate of drug-likeness (QED) is 0.745. The van der Waals surface area contributed by atoms with Crippen LogP contribution in [-0.2, 0) is 4.74 Å². The average molecular weight is 214 g/mol. The molecule has 1 aliphatic rings. The lowest BCUT2D eigenvalue weighted by Crippen LogP contribution is -2.37. The monoisotopic (exact) mass is 214 g/mol. The Morgan fingerprint density at radius 2 is 2.07 bits per heavy atom. The van der Waals surface area contributed by atoms with Crippen LogP contribution in [0.3, 0.4) is 0 Å². The molecule has 2 atom stereocenters. The summed E-state index contributed by atoms with van der Waals surface area (Å²) < 4.78 is 4.82. The molecule has 1 saturated carbocycles. The molecule has 0 aliphatic heterocycles. The predicted molar refractivity (Wildman–Crippen MR) is 59.5 cm³/mol. The lowest BCUT2D eigenvalue weighted by Gasteiger charge is -2.30. The number of nitrogens with two attached hydrogens (primary N) is 1. The van der Waals surface area contributed by atoms with Crippen LogP contribution in [0.2, 0.25) is 0 Å². The first-order valence-corrected chi connectivity index (χ1v) is 5.88. The number of carbonyl (C=O) groups excluding carboxylic acids is 1. The van der Waals surface area contributed by atoms with Crippen molar-refractivity contribution in [2.75, 3.05) is 19.7 Å². The zero-order valence-electron chi connectivity index (χ0n) is 9.50. The summed E-state index contributed by atoms with van der Waals surface area (Å²) in [6.07, 6.45) is 4.60. The normalized spacial score (nSPS) is 26.0. The number of alkyl carbamates (subject to hydrolysis) is 1. The molecule has 0 saturated heterocycles. The molecular weight excluding hydrogens is 192 g/mol. The van der Waals surface area contributed by atoms with Crippen molar-refractivity contribution < 1.29 is 9.53 Å². The summed E-state index contributed by atoms with van der Waals surface area (Å²) in [6.45, 7) is 3.68. The van der Waals surface area contributed by atoms with Gasteiger partial charge in [-0.15, -0.1) is 0 Å². The standard InChI is InChI=1S/C11H22N2O2/c1-2-15-11(14)13-8-10-6-4-3-5-9(10)7-12/h9-10H,2-8,12H2,1H3,(H,13,14). The van der Waals surface area contributed by atoms with Crippen LogP contribution >= 0.6 is 0 Å². The number of hydrogen-bond acceptors (Lipinski definition) is 3. The van der Waals surface area contributed by atoms with Crippen molar-refractivity contribution in [3.8, 4) is 0 Å². The molecule has 0 bridgehead atoms. The molecule has 15 heavy (non-hydrogen) atoms. The second-order valence-electron chi connectivity index (χ2n) is 4.14. The highest BCUT2D eigenvalue weighted by molar-refractivity contribution is 5.67. The SMILES string of the molecule is CCOC(=O)NCC1CCCCC1CN. The third kappa shape index (κ3) is 4.08. The summed E-state index contributed by atoms with van der Waals surface area (Å²) in [5.41, 5.74) is 5.71. The maximum Gasteiger partial charge on any atom is 0.407 e. The molecule has 0 radical (unpaired) electrons. The summed E-state index contributed by atoms with van der Waals surface area (Å²) in [5, 5.41) is 2.80. The molecule has 1 amide bonds. The Bertz CT molecular complexity index is 197. The molecule has 0 spiro atoms. The Morgan fingerprint density at radius 1 is 1.40 bits per heavy atom. The molecule has 1 aliphatic carbocycles. The number of nitrogens with one attached hydrogen (secondary N) is 1. The van der Waals surface area contributed by atoms with E-state index in [0.29, 0.717) is 25.0 Å². The fourth-order valence-electron chi connectivity index (χ4n) is 2.26. The Balaban J connectivity index is 2.26. The molecule has 0 aromatic rings. The minimum absolute atomic E-state index is 0.307.